The second kappa shape index (κ2) is 3.80. The first-order chi connectivity index (χ1) is 7.88. The van der Waals surface area contributed by atoms with Crippen LogP contribution in [0.1, 0.15) is 6.92 Å². The van der Waals surface area contributed by atoms with E-state index in [9.17, 15) is 0 Å². The van der Waals surface area contributed by atoms with Gasteiger partial charge in [-0.3, -0.25) is 0 Å². The highest BCUT2D eigenvalue weighted by Crippen LogP contribution is 2.34. The lowest BCUT2D eigenvalue weighted by Gasteiger charge is -2.02. The highest BCUT2D eigenvalue weighted by atomic mass is 32.1. The van der Waals surface area contributed by atoms with Crippen LogP contribution < -0.4 is 5.32 Å². The molecule has 0 fully saturated rings. The first-order valence-corrected chi connectivity index (χ1v) is 6.35. The summed E-state index contributed by atoms with van der Waals surface area (Å²) in [5.41, 5.74) is 1.21. The minimum atomic E-state index is 0.966. The predicted molar refractivity (Wildman–Crippen MR) is 73.5 cm³/mol. The largest absolute Gasteiger partial charge is 0.385 e. The van der Waals surface area contributed by atoms with Gasteiger partial charge in [0.05, 0.1) is 0 Å². The van der Waals surface area contributed by atoms with Gasteiger partial charge in [-0.15, -0.1) is 11.3 Å². The van der Waals surface area contributed by atoms with E-state index in [1.165, 1.54) is 25.9 Å². The molecule has 80 valence electrons. The predicted octanol–water partition coefficient (Wildman–Crippen LogP) is 4.49. The van der Waals surface area contributed by atoms with Crippen molar-refractivity contribution in [3.8, 4) is 0 Å². The average Bonchev–Trinajstić information content (AvgIpc) is 2.68. The Labute approximate surface area is 98.7 Å². The first-order valence-electron chi connectivity index (χ1n) is 5.53. The fraction of sp³-hybridized carbons (Fsp3) is 0.143. The molecule has 0 aliphatic carbocycles. The van der Waals surface area contributed by atoms with Gasteiger partial charge in [-0.05, 0) is 31.2 Å². The molecular weight excluding hydrogens is 214 g/mol. The van der Waals surface area contributed by atoms with Crippen molar-refractivity contribution in [1.29, 1.82) is 0 Å². The molecule has 3 aromatic rings. The number of benzene rings is 2. The van der Waals surface area contributed by atoms with Crippen molar-refractivity contribution in [2.75, 3.05) is 11.9 Å². The third-order valence-corrected chi connectivity index (χ3v) is 3.91. The summed E-state index contributed by atoms with van der Waals surface area (Å²) in [7, 11) is 0. The minimum absolute atomic E-state index is 0.966. The molecule has 0 aliphatic rings. The van der Waals surface area contributed by atoms with E-state index in [1.807, 2.05) is 11.3 Å². The summed E-state index contributed by atoms with van der Waals surface area (Å²) in [6, 6.07) is 15.2. The molecule has 1 aromatic heterocycles. The van der Waals surface area contributed by atoms with Crippen LogP contribution in [0.4, 0.5) is 5.69 Å². The maximum atomic E-state index is 3.36. The molecule has 0 radical (unpaired) electrons. The number of anilines is 1. The summed E-state index contributed by atoms with van der Waals surface area (Å²) in [5.74, 6) is 0. The van der Waals surface area contributed by atoms with E-state index in [-0.39, 0.29) is 0 Å². The van der Waals surface area contributed by atoms with Crippen molar-refractivity contribution in [3.63, 3.8) is 0 Å². The van der Waals surface area contributed by atoms with Crippen molar-refractivity contribution in [2.24, 2.45) is 0 Å². The molecular formula is C14H13NS. The van der Waals surface area contributed by atoms with Crippen LogP contribution in [0.2, 0.25) is 0 Å². The molecule has 0 amide bonds. The maximum Gasteiger partial charge on any atom is 0.0356 e. The van der Waals surface area contributed by atoms with E-state index in [0.29, 0.717) is 0 Å². The molecule has 0 unspecified atom stereocenters. The summed E-state index contributed by atoms with van der Waals surface area (Å²) < 4.78 is 2.73. The van der Waals surface area contributed by atoms with Crippen molar-refractivity contribution >= 4 is 37.2 Å². The Morgan fingerprint density at radius 2 is 1.81 bits per heavy atom. The molecule has 1 heterocycles. The Balaban J connectivity index is 2.31. The van der Waals surface area contributed by atoms with Crippen LogP contribution in [-0.4, -0.2) is 6.54 Å². The Hall–Kier alpha value is -1.54. The number of hydrogen-bond donors (Lipinski definition) is 1. The van der Waals surface area contributed by atoms with Gasteiger partial charge in [0, 0.05) is 32.4 Å². The van der Waals surface area contributed by atoms with Crippen molar-refractivity contribution < 1.29 is 0 Å². The van der Waals surface area contributed by atoms with Crippen LogP contribution in [-0.2, 0) is 0 Å². The molecule has 0 aliphatic heterocycles. The van der Waals surface area contributed by atoms with Crippen LogP contribution in [0.3, 0.4) is 0 Å². The lowest BCUT2D eigenvalue weighted by Crippen LogP contribution is -1.95. The molecule has 0 atom stereocenters. The molecule has 0 spiro atoms. The van der Waals surface area contributed by atoms with Gasteiger partial charge in [0.25, 0.3) is 0 Å². The SMILES string of the molecule is CCNc1ccc2sc3ccccc3c2c1. The van der Waals surface area contributed by atoms with Crippen molar-refractivity contribution in [1.82, 2.24) is 0 Å². The van der Waals surface area contributed by atoms with Crippen LogP contribution in [0.25, 0.3) is 20.2 Å². The van der Waals surface area contributed by atoms with Gasteiger partial charge in [0.1, 0.15) is 0 Å². The Bertz CT molecular complexity index is 639. The highest BCUT2D eigenvalue weighted by Gasteiger charge is 2.04. The third-order valence-electron chi connectivity index (χ3n) is 2.76. The summed E-state index contributed by atoms with van der Waals surface area (Å²) in [5, 5.41) is 6.08. The second-order valence-electron chi connectivity index (χ2n) is 3.84. The molecule has 0 bridgehead atoms. The van der Waals surface area contributed by atoms with E-state index >= 15 is 0 Å². The van der Waals surface area contributed by atoms with E-state index in [1.54, 1.807) is 0 Å². The lowest BCUT2D eigenvalue weighted by atomic mass is 10.1. The molecule has 2 aromatic carbocycles. The molecule has 3 rings (SSSR count). The molecule has 16 heavy (non-hydrogen) atoms. The van der Waals surface area contributed by atoms with Crippen LogP contribution >= 0.6 is 11.3 Å². The molecule has 0 saturated carbocycles. The van der Waals surface area contributed by atoms with E-state index in [2.05, 4.69) is 54.7 Å². The maximum absolute atomic E-state index is 3.36. The number of thiophene rings is 1. The van der Waals surface area contributed by atoms with Crippen molar-refractivity contribution in [3.05, 3.63) is 42.5 Å². The molecule has 1 N–H and O–H groups in total. The summed E-state index contributed by atoms with van der Waals surface area (Å²) in [4.78, 5) is 0. The van der Waals surface area contributed by atoms with Crippen LogP contribution in [0.5, 0.6) is 0 Å². The highest BCUT2D eigenvalue weighted by molar-refractivity contribution is 7.25. The number of rotatable bonds is 2. The fourth-order valence-corrected chi connectivity index (χ4v) is 3.13. The third kappa shape index (κ3) is 1.46. The van der Waals surface area contributed by atoms with E-state index in [4.69, 9.17) is 0 Å². The first kappa shape index (κ1) is 9.67. The minimum Gasteiger partial charge on any atom is -0.385 e. The van der Waals surface area contributed by atoms with Gasteiger partial charge < -0.3 is 5.32 Å². The smallest absolute Gasteiger partial charge is 0.0356 e. The summed E-state index contributed by atoms with van der Waals surface area (Å²) >= 11 is 1.86. The van der Waals surface area contributed by atoms with Gasteiger partial charge in [0.15, 0.2) is 0 Å². The number of nitrogens with one attached hydrogen (secondary N) is 1. The quantitative estimate of drug-likeness (QED) is 0.680. The van der Waals surface area contributed by atoms with Crippen LogP contribution in [0.15, 0.2) is 42.5 Å². The Morgan fingerprint density at radius 3 is 2.69 bits per heavy atom. The van der Waals surface area contributed by atoms with Crippen LogP contribution in [0, 0.1) is 0 Å². The van der Waals surface area contributed by atoms with Crippen molar-refractivity contribution in [2.45, 2.75) is 6.92 Å². The van der Waals surface area contributed by atoms with Gasteiger partial charge in [0.2, 0.25) is 0 Å². The normalized spacial score (nSPS) is 11.1. The van der Waals surface area contributed by atoms with Gasteiger partial charge in [-0.1, -0.05) is 18.2 Å². The fourth-order valence-electron chi connectivity index (χ4n) is 2.04. The zero-order chi connectivity index (χ0) is 11.0. The van der Waals surface area contributed by atoms with E-state index in [0.717, 1.165) is 6.54 Å². The second-order valence-corrected chi connectivity index (χ2v) is 4.92. The van der Waals surface area contributed by atoms with E-state index < -0.39 is 0 Å². The molecule has 1 nitrogen and oxygen atoms in total. The number of fused-ring (bicyclic) bond motifs is 3. The lowest BCUT2D eigenvalue weighted by molar-refractivity contribution is 1.22. The molecule has 0 saturated heterocycles. The number of hydrogen-bond acceptors (Lipinski definition) is 2. The standard InChI is InChI=1S/C14H13NS/c1-2-15-10-7-8-14-12(9-10)11-5-3-4-6-13(11)16-14/h3-9,15H,2H2,1H3. The van der Waals surface area contributed by atoms with Gasteiger partial charge in [-0.25, -0.2) is 0 Å². The zero-order valence-electron chi connectivity index (χ0n) is 9.16. The average molecular weight is 227 g/mol. The van der Waals surface area contributed by atoms with Gasteiger partial charge in [-0.2, -0.15) is 0 Å². The van der Waals surface area contributed by atoms with Gasteiger partial charge >= 0.3 is 0 Å². The topological polar surface area (TPSA) is 12.0 Å². The summed E-state index contributed by atoms with van der Waals surface area (Å²) in [6.45, 7) is 3.09. The summed E-state index contributed by atoms with van der Waals surface area (Å²) in [6.07, 6.45) is 0. The molecule has 2 heteroatoms. The Morgan fingerprint density at radius 1 is 1.00 bits per heavy atom. The zero-order valence-corrected chi connectivity index (χ0v) is 9.97. The monoisotopic (exact) mass is 227 g/mol. The Kier molecular flexibility index (Phi) is 2.29.